The van der Waals surface area contributed by atoms with Crippen LogP contribution in [0, 0.1) is 5.92 Å². The Hall–Kier alpha value is 0.410. The Morgan fingerprint density at radius 2 is 2.10 bits per heavy atom. The monoisotopic (exact) mass is 434 g/mol. The average molecular weight is 436 g/mol. The van der Waals surface area contributed by atoms with E-state index in [0.717, 1.165) is 34.1 Å². The normalized spacial score (nSPS) is 30.7. The fourth-order valence-electron chi connectivity index (χ4n) is 3.47. The van der Waals surface area contributed by atoms with Crippen molar-refractivity contribution in [3.05, 3.63) is 32.7 Å². The van der Waals surface area contributed by atoms with Crippen molar-refractivity contribution in [2.75, 3.05) is 18.1 Å². The van der Waals surface area contributed by atoms with Crippen LogP contribution < -0.4 is 11.3 Å². The average Bonchev–Trinajstić information content (AvgIpc) is 2.86. The van der Waals surface area contributed by atoms with Gasteiger partial charge in [0.25, 0.3) is 0 Å². The summed E-state index contributed by atoms with van der Waals surface area (Å²) in [6.45, 7) is 0.846. The van der Waals surface area contributed by atoms with Crippen molar-refractivity contribution in [1.82, 2.24) is 5.43 Å². The molecule has 3 N–H and O–H groups in total. The zero-order chi connectivity index (χ0) is 14.9. The summed E-state index contributed by atoms with van der Waals surface area (Å²) in [6.07, 6.45) is 3.33. The van der Waals surface area contributed by atoms with E-state index in [2.05, 4.69) is 55.5 Å². The quantitative estimate of drug-likeness (QED) is 0.556. The molecule has 0 aliphatic carbocycles. The van der Waals surface area contributed by atoms with Crippen molar-refractivity contribution in [3.8, 4) is 0 Å². The molecule has 2 heterocycles. The predicted molar refractivity (Wildman–Crippen MR) is 95.3 cm³/mol. The van der Waals surface area contributed by atoms with E-state index in [1.165, 1.54) is 17.7 Å². The maximum absolute atomic E-state index is 6.13. The van der Waals surface area contributed by atoms with Gasteiger partial charge in [0, 0.05) is 27.3 Å². The molecule has 116 valence electrons. The van der Waals surface area contributed by atoms with Gasteiger partial charge in [0.2, 0.25) is 0 Å². The lowest BCUT2D eigenvalue weighted by atomic mass is 9.79. The van der Waals surface area contributed by atoms with Crippen molar-refractivity contribution < 1.29 is 4.74 Å². The summed E-state index contributed by atoms with van der Waals surface area (Å²) in [5, 5.41) is 0. The number of hydrogen-bond donors (Lipinski definition) is 2. The molecule has 0 bridgehead atoms. The third-order valence-electron chi connectivity index (χ3n) is 4.49. The van der Waals surface area contributed by atoms with Gasteiger partial charge in [-0.1, -0.05) is 31.9 Å². The minimum Gasteiger partial charge on any atom is -0.374 e. The highest BCUT2D eigenvalue weighted by atomic mass is 79.9. The van der Waals surface area contributed by atoms with Gasteiger partial charge in [0.1, 0.15) is 0 Å². The van der Waals surface area contributed by atoms with Crippen LogP contribution in [-0.4, -0.2) is 23.7 Å². The first kappa shape index (κ1) is 16.3. The first-order valence-electron chi connectivity index (χ1n) is 7.26. The number of benzene rings is 1. The maximum Gasteiger partial charge on any atom is 0.0783 e. The molecule has 3 unspecified atom stereocenters. The highest BCUT2D eigenvalue weighted by molar-refractivity contribution is 9.11. The zero-order valence-corrected chi connectivity index (χ0v) is 15.8. The lowest BCUT2D eigenvalue weighted by molar-refractivity contribution is -0.0854. The van der Waals surface area contributed by atoms with E-state index in [4.69, 9.17) is 10.6 Å². The third-order valence-corrected chi connectivity index (χ3v) is 6.63. The summed E-state index contributed by atoms with van der Waals surface area (Å²) in [5.41, 5.74) is 4.36. The summed E-state index contributed by atoms with van der Waals surface area (Å²) in [6, 6.07) is 6.53. The molecule has 2 aliphatic heterocycles. The molecule has 21 heavy (non-hydrogen) atoms. The number of halogens is 2. The number of hydrazine groups is 1. The SMILES string of the molecule is NNC(c1cc(Br)cc(Br)c1)C1CCOC2(CCSC2)C1. The Kier molecular flexibility index (Phi) is 5.34. The van der Waals surface area contributed by atoms with Gasteiger partial charge in [-0.25, -0.2) is 0 Å². The van der Waals surface area contributed by atoms with Gasteiger partial charge >= 0.3 is 0 Å². The molecule has 2 fully saturated rings. The lowest BCUT2D eigenvalue weighted by Crippen LogP contribution is -2.45. The van der Waals surface area contributed by atoms with Crippen LogP contribution in [0.1, 0.15) is 30.9 Å². The molecule has 6 heteroatoms. The Morgan fingerprint density at radius 1 is 1.33 bits per heavy atom. The Morgan fingerprint density at radius 3 is 2.71 bits per heavy atom. The van der Waals surface area contributed by atoms with E-state index in [1.54, 1.807) is 0 Å². The number of nitrogens with two attached hydrogens (primary N) is 1. The fraction of sp³-hybridized carbons (Fsp3) is 0.600. The number of hydrogen-bond acceptors (Lipinski definition) is 4. The first-order valence-corrected chi connectivity index (χ1v) is 10.00. The minimum absolute atomic E-state index is 0.0892. The van der Waals surface area contributed by atoms with Crippen molar-refractivity contribution in [1.29, 1.82) is 0 Å². The van der Waals surface area contributed by atoms with Crippen LogP contribution in [0.2, 0.25) is 0 Å². The second-order valence-corrected chi connectivity index (χ2v) is 8.87. The van der Waals surface area contributed by atoms with E-state index in [0.29, 0.717) is 5.92 Å². The molecule has 0 radical (unpaired) electrons. The standard InChI is InChI=1S/C15H20Br2N2OS/c16-12-5-11(6-13(17)7-12)14(19-18)10-1-3-20-15(8-10)2-4-21-9-15/h5-7,10,14,19H,1-4,8-9,18H2. The van der Waals surface area contributed by atoms with E-state index >= 15 is 0 Å². The van der Waals surface area contributed by atoms with Crippen LogP contribution in [0.15, 0.2) is 27.1 Å². The van der Waals surface area contributed by atoms with E-state index in [-0.39, 0.29) is 11.6 Å². The molecule has 2 aliphatic rings. The molecule has 3 rings (SSSR count). The van der Waals surface area contributed by atoms with Crippen molar-refractivity contribution in [3.63, 3.8) is 0 Å². The van der Waals surface area contributed by atoms with Crippen LogP contribution in [0.4, 0.5) is 0 Å². The summed E-state index contributed by atoms with van der Waals surface area (Å²) < 4.78 is 8.28. The van der Waals surface area contributed by atoms with Gasteiger partial charge in [-0.3, -0.25) is 11.3 Å². The third kappa shape index (κ3) is 3.67. The van der Waals surface area contributed by atoms with Crippen LogP contribution in [-0.2, 0) is 4.74 Å². The van der Waals surface area contributed by atoms with Gasteiger partial charge < -0.3 is 4.74 Å². The van der Waals surface area contributed by atoms with E-state index in [1.807, 2.05) is 11.8 Å². The Labute approximate surface area is 147 Å². The zero-order valence-electron chi connectivity index (χ0n) is 11.8. The summed E-state index contributed by atoms with van der Waals surface area (Å²) >= 11 is 9.15. The van der Waals surface area contributed by atoms with Crippen molar-refractivity contribution in [2.24, 2.45) is 11.8 Å². The molecule has 0 aromatic heterocycles. The van der Waals surface area contributed by atoms with Crippen LogP contribution in [0.3, 0.4) is 0 Å². The molecular weight excluding hydrogens is 416 g/mol. The summed E-state index contributed by atoms with van der Waals surface area (Å²) in [7, 11) is 0. The minimum atomic E-state index is 0.0892. The Balaban J connectivity index is 1.82. The van der Waals surface area contributed by atoms with Gasteiger partial charge in [0.05, 0.1) is 5.60 Å². The van der Waals surface area contributed by atoms with Gasteiger partial charge in [-0.15, -0.1) is 0 Å². The number of nitrogens with one attached hydrogen (secondary N) is 1. The van der Waals surface area contributed by atoms with Gasteiger partial charge in [-0.2, -0.15) is 11.8 Å². The molecule has 0 saturated carbocycles. The second kappa shape index (κ2) is 6.89. The fourth-order valence-corrected chi connectivity index (χ4v) is 6.18. The highest BCUT2D eigenvalue weighted by Gasteiger charge is 2.42. The van der Waals surface area contributed by atoms with Crippen LogP contribution in [0.5, 0.6) is 0 Å². The number of ether oxygens (including phenoxy) is 1. The number of rotatable bonds is 3. The van der Waals surface area contributed by atoms with Gasteiger partial charge in [-0.05, 0) is 54.7 Å². The van der Waals surface area contributed by atoms with Crippen LogP contribution >= 0.6 is 43.6 Å². The lowest BCUT2D eigenvalue weighted by Gasteiger charge is -2.41. The van der Waals surface area contributed by atoms with Crippen molar-refractivity contribution >= 4 is 43.6 Å². The van der Waals surface area contributed by atoms with E-state index < -0.39 is 0 Å². The summed E-state index contributed by atoms with van der Waals surface area (Å²) in [4.78, 5) is 0. The van der Waals surface area contributed by atoms with Crippen molar-refractivity contribution in [2.45, 2.75) is 30.9 Å². The molecule has 3 nitrogen and oxygen atoms in total. The van der Waals surface area contributed by atoms with Crippen LogP contribution in [0.25, 0.3) is 0 Å². The smallest absolute Gasteiger partial charge is 0.0783 e. The molecule has 1 aromatic rings. The molecular formula is C15H20Br2N2OS. The predicted octanol–water partition coefficient (Wildman–Crippen LogP) is 4.02. The molecule has 2 saturated heterocycles. The molecule has 0 amide bonds. The molecule has 1 aromatic carbocycles. The highest BCUT2D eigenvalue weighted by Crippen LogP contribution is 2.44. The molecule has 3 atom stereocenters. The second-order valence-electron chi connectivity index (χ2n) is 5.93. The number of thioether (sulfide) groups is 1. The van der Waals surface area contributed by atoms with E-state index in [9.17, 15) is 0 Å². The summed E-state index contributed by atoms with van der Waals surface area (Å²) in [5.74, 6) is 8.76. The maximum atomic E-state index is 6.13. The first-order chi connectivity index (χ1) is 10.1. The Bertz CT molecular complexity index is 488. The molecule has 1 spiro atoms. The largest absolute Gasteiger partial charge is 0.374 e. The van der Waals surface area contributed by atoms with Gasteiger partial charge in [0.15, 0.2) is 0 Å². The topological polar surface area (TPSA) is 47.3 Å².